The van der Waals surface area contributed by atoms with E-state index in [4.69, 9.17) is 4.74 Å². The molecule has 1 aliphatic rings. The van der Waals surface area contributed by atoms with E-state index in [0.717, 1.165) is 12.0 Å². The highest BCUT2D eigenvalue weighted by Crippen LogP contribution is 2.19. The van der Waals surface area contributed by atoms with E-state index in [1.165, 1.54) is 5.56 Å². The van der Waals surface area contributed by atoms with Crippen LogP contribution < -0.4 is 0 Å². The molecule has 0 saturated heterocycles. The summed E-state index contributed by atoms with van der Waals surface area (Å²) in [4.78, 5) is 25.3. The summed E-state index contributed by atoms with van der Waals surface area (Å²) < 4.78 is 5.11. The smallest absolute Gasteiger partial charge is 0.397 e. The van der Waals surface area contributed by atoms with E-state index in [9.17, 15) is 9.59 Å². The second-order valence-electron chi connectivity index (χ2n) is 5.75. The van der Waals surface area contributed by atoms with Crippen LogP contribution >= 0.6 is 0 Å². The van der Waals surface area contributed by atoms with Crippen LogP contribution in [-0.2, 0) is 27.3 Å². The largest absolute Gasteiger partial charge is 0.453 e. The molecule has 1 heterocycles. The predicted octanol–water partition coefficient (Wildman–Crippen LogP) is 1.91. The molecule has 4 nitrogen and oxygen atoms in total. The van der Waals surface area contributed by atoms with Crippen molar-refractivity contribution in [1.82, 2.24) is 4.90 Å². The molecule has 1 aromatic rings. The minimum atomic E-state index is -0.771. The van der Waals surface area contributed by atoms with Crippen molar-refractivity contribution in [2.24, 2.45) is 0 Å². The van der Waals surface area contributed by atoms with Crippen LogP contribution in [0, 0.1) is 0 Å². The third kappa shape index (κ3) is 3.34. The van der Waals surface area contributed by atoms with Gasteiger partial charge in [0.15, 0.2) is 0 Å². The van der Waals surface area contributed by atoms with Gasteiger partial charge in [0.2, 0.25) is 0 Å². The lowest BCUT2D eigenvalue weighted by molar-refractivity contribution is -0.168. The second kappa shape index (κ2) is 5.03. The zero-order valence-corrected chi connectivity index (χ0v) is 11.6. The van der Waals surface area contributed by atoms with E-state index < -0.39 is 17.5 Å². The number of hydrogen-bond donors (Lipinski definition) is 0. The Bertz CT molecular complexity index is 502. The van der Waals surface area contributed by atoms with Crippen LogP contribution in [0.2, 0.25) is 0 Å². The van der Waals surface area contributed by atoms with Crippen LogP contribution in [0.4, 0.5) is 0 Å². The van der Waals surface area contributed by atoms with Crippen LogP contribution in [0.1, 0.15) is 31.9 Å². The third-order valence-electron chi connectivity index (χ3n) is 2.99. The maximum absolute atomic E-state index is 12.0. The molecule has 2 rings (SSSR count). The quantitative estimate of drug-likeness (QED) is 0.529. The first-order valence-corrected chi connectivity index (χ1v) is 6.46. The minimum Gasteiger partial charge on any atom is -0.453 e. The number of rotatable bonds is 0. The molecule has 0 aliphatic carbocycles. The maximum Gasteiger partial charge on any atom is 0.397 e. The molecule has 0 radical (unpaired) electrons. The molecule has 0 bridgehead atoms. The van der Waals surface area contributed by atoms with Crippen molar-refractivity contribution in [2.45, 2.75) is 39.3 Å². The Balaban J connectivity index is 2.05. The Labute approximate surface area is 113 Å². The molecular formula is C15H19NO3. The van der Waals surface area contributed by atoms with Crippen LogP contribution in [0.15, 0.2) is 24.3 Å². The highest BCUT2D eigenvalue weighted by Gasteiger charge is 2.29. The van der Waals surface area contributed by atoms with Gasteiger partial charge in [0, 0.05) is 13.1 Å². The van der Waals surface area contributed by atoms with Gasteiger partial charge >= 0.3 is 11.9 Å². The second-order valence-corrected chi connectivity index (χ2v) is 5.75. The third-order valence-corrected chi connectivity index (χ3v) is 2.99. The van der Waals surface area contributed by atoms with Crippen LogP contribution in [-0.4, -0.2) is 28.9 Å². The zero-order chi connectivity index (χ0) is 14.0. The van der Waals surface area contributed by atoms with Gasteiger partial charge in [-0.05, 0) is 38.3 Å². The Morgan fingerprint density at radius 1 is 1.16 bits per heavy atom. The molecule has 19 heavy (non-hydrogen) atoms. The van der Waals surface area contributed by atoms with Gasteiger partial charge in [-0.1, -0.05) is 24.3 Å². The number of hydrogen-bond acceptors (Lipinski definition) is 3. The topological polar surface area (TPSA) is 46.6 Å². The fraction of sp³-hybridized carbons (Fsp3) is 0.467. The summed E-state index contributed by atoms with van der Waals surface area (Å²) in [5, 5.41) is 0. The van der Waals surface area contributed by atoms with Crippen molar-refractivity contribution in [3.8, 4) is 0 Å². The predicted molar refractivity (Wildman–Crippen MR) is 71.4 cm³/mol. The lowest BCUT2D eigenvalue weighted by atomic mass is 10.00. The van der Waals surface area contributed by atoms with Crippen molar-refractivity contribution < 1.29 is 14.3 Å². The van der Waals surface area contributed by atoms with Crippen LogP contribution in [0.25, 0.3) is 0 Å². The zero-order valence-electron chi connectivity index (χ0n) is 11.6. The van der Waals surface area contributed by atoms with Gasteiger partial charge < -0.3 is 9.64 Å². The van der Waals surface area contributed by atoms with Crippen LogP contribution in [0.5, 0.6) is 0 Å². The monoisotopic (exact) mass is 261 g/mol. The van der Waals surface area contributed by atoms with E-state index in [1.807, 2.05) is 18.2 Å². The molecule has 1 aromatic carbocycles. The molecule has 0 unspecified atom stereocenters. The number of amides is 1. The first kappa shape index (κ1) is 13.6. The molecule has 0 fully saturated rings. The molecule has 4 heteroatoms. The number of nitrogens with zero attached hydrogens (tertiary/aromatic N) is 1. The number of carbonyl (C=O) groups excluding carboxylic acids is 2. The van der Waals surface area contributed by atoms with Crippen molar-refractivity contribution >= 4 is 11.9 Å². The van der Waals surface area contributed by atoms with Gasteiger partial charge in [-0.2, -0.15) is 0 Å². The highest BCUT2D eigenvalue weighted by atomic mass is 16.6. The van der Waals surface area contributed by atoms with Crippen molar-refractivity contribution in [3.05, 3.63) is 35.4 Å². The standard InChI is InChI=1S/C15H19NO3/c1-15(2,3)19-14(18)13(17)16-9-8-11-6-4-5-7-12(11)10-16/h4-7H,8-10H2,1-3H3. The first-order valence-electron chi connectivity index (χ1n) is 6.46. The van der Waals surface area contributed by atoms with Crippen molar-refractivity contribution in [1.29, 1.82) is 0 Å². The van der Waals surface area contributed by atoms with Gasteiger partial charge in [-0.25, -0.2) is 4.79 Å². The van der Waals surface area contributed by atoms with Gasteiger partial charge in [0.05, 0.1) is 0 Å². The lowest BCUT2D eigenvalue weighted by Gasteiger charge is -2.29. The number of benzene rings is 1. The number of ether oxygens (including phenoxy) is 1. The summed E-state index contributed by atoms with van der Waals surface area (Å²) in [7, 11) is 0. The Morgan fingerprint density at radius 3 is 2.42 bits per heavy atom. The van der Waals surface area contributed by atoms with Crippen molar-refractivity contribution in [2.75, 3.05) is 6.54 Å². The van der Waals surface area contributed by atoms with E-state index in [2.05, 4.69) is 6.07 Å². The summed E-state index contributed by atoms with van der Waals surface area (Å²) in [6, 6.07) is 7.99. The summed E-state index contributed by atoms with van der Waals surface area (Å²) in [6.45, 7) is 6.31. The molecule has 0 N–H and O–H groups in total. The van der Waals surface area contributed by atoms with E-state index >= 15 is 0 Å². The summed E-state index contributed by atoms with van der Waals surface area (Å²) in [5.74, 6) is -1.32. The van der Waals surface area contributed by atoms with E-state index in [1.54, 1.807) is 25.7 Å². The maximum atomic E-state index is 12.0. The average molecular weight is 261 g/mol. The first-order chi connectivity index (χ1) is 8.87. The van der Waals surface area contributed by atoms with Gasteiger partial charge in [-0.15, -0.1) is 0 Å². The normalized spacial score (nSPS) is 14.8. The average Bonchev–Trinajstić information content (AvgIpc) is 2.35. The SMILES string of the molecule is CC(C)(C)OC(=O)C(=O)N1CCc2ccccc2C1. The van der Waals surface area contributed by atoms with Crippen molar-refractivity contribution in [3.63, 3.8) is 0 Å². The molecule has 0 aromatic heterocycles. The molecule has 0 saturated carbocycles. The molecule has 102 valence electrons. The van der Waals surface area contributed by atoms with E-state index in [-0.39, 0.29) is 0 Å². The summed E-state index contributed by atoms with van der Waals surface area (Å²) in [5.41, 5.74) is 1.71. The lowest BCUT2D eigenvalue weighted by Crippen LogP contribution is -2.42. The Kier molecular flexibility index (Phi) is 3.60. The Hall–Kier alpha value is -1.84. The number of esters is 1. The van der Waals surface area contributed by atoms with Crippen LogP contribution in [0.3, 0.4) is 0 Å². The molecule has 0 spiro atoms. The number of fused-ring (bicyclic) bond motifs is 1. The number of carbonyl (C=O) groups is 2. The minimum absolute atomic E-state index is 0.480. The van der Waals surface area contributed by atoms with E-state index in [0.29, 0.717) is 13.1 Å². The molecule has 1 aliphatic heterocycles. The fourth-order valence-corrected chi connectivity index (χ4v) is 2.12. The fourth-order valence-electron chi connectivity index (χ4n) is 2.12. The summed E-state index contributed by atoms with van der Waals surface area (Å²) in [6.07, 6.45) is 0.782. The Morgan fingerprint density at radius 2 is 1.79 bits per heavy atom. The molecule has 1 amide bonds. The molecular weight excluding hydrogens is 242 g/mol. The summed E-state index contributed by atoms with van der Waals surface area (Å²) >= 11 is 0. The molecule has 0 atom stereocenters. The van der Waals surface area contributed by atoms with Gasteiger partial charge in [0.25, 0.3) is 0 Å². The van der Waals surface area contributed by atoms with Gasteiger partial charge in [-0.3, -0.25) is 4.79 Å². The van der Waals surface area contributed by atoms with Gasteiger partial charge in [0.1, 0.15) is 5.60 Å². The highest BCUT2D eigenvalue weighted by molar-refractivity contribution is 6.32.